The summed E-state index contributed by atoms with van der Waals surface area (Å²) in [5.41, 5.74) is 0.656. The van der Waals surface area contributed by atoms with Crippen LogP contribution in [0.4, 0.5) is 0 Å². The zero-order chi connectivity index (χ0) is 16.5. The molecule has 0 bridgehead atoms. The highest BCUT2D eigenvalue weighted by atomic mass is 127. The molecule has 3 rings (SSSR count). The second kappa shape index (κ2) is 8.11. The number of guanidine groups is 1. The van der Waals surface area contributed by atoms with E-state index in [0.717, 1.165) is 25.7 Å². The van der Waals surface area contributed by atoms with E-state index in [-0.39, 0.29) is 29.4 Å². The van der Waals surface area contributed by atoms with Crippen molar-refractivity contribution in [3.05, 3.63) is 0 Å². The fraction of sp³-hybridized carbons (Fsp3) is 0.947. The van der Waals surface area contributed by atoms with Crippen molar-refractivity contribution in [2.24, 2.45) is 21.7 Å². The Kier molecular flexibility index (Phi) is 6.85. The first kappa shape index (κ1) is 20.3. The monoisotopic (exact) mass is 449 g/mol. The lowest BCUT2D eigenvalue weighted by Gasteiger charge is -2.55. The molecule has 0 spiro atoms. The minimum atomic E-state index is 0. The molecular weight excluding hydrogens is 413 g/mol. The van der Waals surface area contributed by atoms with Crippen LogP contribution in [0.1, 0.15) is 66.2 Å². The Balaban J connectivity index is 0.00000208. The molecule has 3 aliphatic rings. The molecule has 5 heteroatoms. The molecule has 4 nitrogen and oxygen atoms in total. The van der Waals surface area contributed by atoms with Crippen LogP contribution in [0.5, 0.6) is 0 Å². The molecule has 1 saturated heterocycles. The highest BCUT2D eigenvalue weighted by Crippen LogP contribution is 2.52. The smallest absolute Gasteiger partial charge is 0.191 e. The van der Waals surface area contributed by atoms with Gasteiger partial charge in [0.2, 0.25) is 0 Å². The molecule has 0 aromatic carbocycles. The van der Waals surface area contributed by atoms with E-state index in [1.54, 1.807) is 0 Å². The molecular formula is C19H36IN3O. The van der Waals surface area contributed by atoms with E-state index in [1.165, 1.54) is 38.5 Å². The average molecular weight is 449 g/mol. The van der Waals surface area contributed by atoms with Crippen LogP contribution >= 0.6 is 24.0 Å². The SMILES string of the molecule is CCNC(=NCC1(CC)CCCC1)NC1C2CCOC2C1(C)C.I. The Morgan fingerprint density at radius 3 is 2.54 bits per heavy atom. The first-order valence-corrected chi connectivity index (χ1v) is 9.69. The van der Waals surface area contributed by atoms with Gasteiger partial charge in [-0.25, -0.2) is 0 Å². The summed E-state index contributed by atoms with van der Waals surface area (Å²) in [5.74, 6) is 1.66. The lowest BCUT2D eigenvalue weighted by Crippen LogP contribution is -2.68. The number of rotatable bonds is 5. The summed E-state index contributed by atoms with van der Waals surface area (Å²) in [6.07, 6.45) is 8.32. The molecule has 2 N–H and O–H groups in total. The summed E-state index contributed by atoms with van der Waals surface area (Å²) in [6.45, 7) is 11.9. The maximum Gasteiger partial charge on any atom is 0.191 e. The quantitative estimate of drug-likeness (QED) is 0.380. The van der Waals surface area contributed by atoms with Gasteiger partial charge in [-0.2, -0.15) is 0 Å². The van der Waals surface area contributed by atoms with E-state index in [9.17, 15) is 0 Å². The standard InChI is InChI=1S/C19H35N3O.HI/c1-5-19(10-7-8-11-19)13-21-17(20-6-2)22-15-14-9-12-23-16(14)18(15,3)4;/h14-16H,5-13H2,1-4H3,(H2,20,21,22);1H. The molecule has 2 saturated carbocycles. The lowest BCUT2D eigenvalue weighted by atomic mass is 9.57. The van der Waals surface area contributed by atoms with E-state index in [2.05, 4.69) is 38.3 Å². The van der Waals surface area contributed by atoms with Crippen LogP contribution in [-0.4, -0.2) is 37.8 Å². The number of ether oxygens (including phenoxy) is 1. The number of halogens is 1. The van der Waals surface area contributed by atoms with Crippen LogP contribution in [-0.2, 0) is 4.74 Å². The van der Waals surface area contributed by atoms with Crippen molar-refractivity contribution < 1.29 is 4.74 Å². The number of fused-ring (bicyclic) bond motifs is 1. The van der Waals surface area contributed by atoms with Crippen molar-refractivity contribution in [2.45, 2.75) is 78.4 Å². The van der Waals surface area contributed by atoms with Gasteiger partial charge < -0.3 is 15.4 Å². The molecule has 1 heterocycles. The third-order valence-electron chi connectivity index (χ3n) is 6.72. The molecule has 24 heavy (non-hydrogen) atoms. The van der Waals surface area contributed by atoms with Gasteiger partial charge in [-0.15, -0.1) is 24.0 Å². The fourth-order valence-corrected chi connectivity index (χ4v) is 5.08. The van der Waals surface area contributed by atoms with E-state index < -0.39 is 0 Å². The van der Waals surface area contributed by atoms with Crippen molar-refractivity contribution in [3.63, 3.8) is 0 Å². The fourth-order valence-electron chi connectivity index (χ4n) is 5.08. The van der Waals surface area contributed by atoms with Gasteiger partial charge in [0.15, 0.2) is 5.96 Å². The maximum atomic E-state index is 5.91. The molecule has 1 aliphatic heterocycles. The summed E-state index contributed by atoms with van der Waals surface area (Å²) >= 11 is 0. The molecule has 3 fully saturated rings. The first-order valence-electron chi connectivity index (χ1n) is 9.69. The van der Waals surface area contributed by atoms with E-state index in [1.807, 2.05) is 0 Å². The van der Waals surface area contributed by atoms with Crippen LogP contribution in [0.2, 0.25) is 0 Å². The number of aliphatic imine (C=N–C) groups is 1. The topological polar surface area (TPSA) is 45.7 Å². The van der Waals surface area contributed by atoms with Crippen molar-refractivity contribution >= 4 is 29.9 Å². The third-order valence-corrected chi connectivity index (χ3v) is 6.72. The van der Waals surface area contributed by atoms with Crippen LogP contribution in [0.3, 0.4) is 0 Å². The van der Waals surface area contributed by atoms with Crippen molar-refractivity contribution in [1.29, 1.82) is 0 Å². The third kappa shape index (κ3) is 3.71. The molecule has 0 aromatic heterocycles. The van der Waals surface area contributed by atoms with E-state index >= 15 is 0 Å². The summed E-state index contributed by atoms with van der Waals surface area (Å²) < 4.78 is 5.91. The summed E-state index contributed by atoms with van der Waals surface area (Å²) in [5, 5.41) is 7.20. The minimum absolute atomic E-state index is 0. The number of hydrogen-bond acceptors (Lipinski definition) is 2. The Labute approximate surface area is 165 Å². The van der Waals surface area contributed by atoms with E-state index in [4.69, 9.17) is 9.73 Å². The zero-order valence-electron chi connectivity index (χ0n) is 15.9. The predicted octanol–water partition coefficient (Wildman–Crippen LogP) is 3.94. The van der Waals surface area contributed by atoms with Crippen LogP contribution < -0.4 is 10.6 Å². The van der Waals surface area contributed by atoms with Gasteiger partial charge in [0.05, 0.1) is 6.10 Å². The minimum Gasteiger partial charge on any atom is -0.377 e. The Hall–Kier alpha value is -0.0400. The second-order valence-electron chi connectivity index (χ2n) is 8.44. The maximum absolute atomic E-state index is 5.91. The summed E-state index contributed by atoms with van der Waals surface area (Å²) in [7, 11) is 0. The number of hydrogen-bond donors (Lipinski definition) is 2. The molecule has 0 aromatic rings. The zero-order valence-corrected chi connectivity index (χ0v) is 18.2. The van der Waals surface area contributed by atoms with Crippen LogP contribution in [0.15, 0.2) is 4.99 Å². The lowest BCUT2D eigenvalue weighted by molar-refractivity contribution is -0.106. The van der Waals surface area contributed by atoms with Gasteiger partial charge in [0.25, 0.3) is 0 Å². The van der Waals surface area contributed by atoms with Gasteiger partial charge in [0, 0.05) is 37.1 Å². The second-order valence-corrected chi connectivity index (χ2v) is 8.44. The van der Waals surface area contributed by atoms with E-state index in [0.29, 0.717) is 23.5 Å². The van der Waals surface area contributed by atoms with Crippen LogP contribution in [0, 0.1) is 16.7 Å². The van der Waals surface area contributed by atoms with Crippen molar-refractivity contribution in [3.8, 4) is 0 Å². The summed E-state index contributed by atoms with van der Waals surface area (Å²) in [6, 6.07) is 0.481. The molecule has 0 amide bonds. The number of nitrogens with one attached hydrogen (secondary N) is 2. The normalized spacial score (nSPS) is 33.3. The number of nitrogens with zero attached hydrogens (tertiary/aromatic N) is 1. The van der Waals surface area contributed by atoms with Crippen molar-refractivity contribution in [2.75, 3.05) is 19.7 Å². The highest BCUT2D eigenvalue weighted by Gasteiger charge is 2.59. The summed E-state index contributed by atoms with van der Waals surface area (Å²) in [4.78, 5) is 4.99. The molecule has 0 radical (unpaired) electrons. The van der Waals surface area contributed by atoms with Gasteiger partial charge in [0.1, 0.15) is 0 Å². The molecule has 3 atom stereocenters. The first-order chi connectivity index (χ1) is 11.0. The highest BCUT2D eigenvalue weighted by molar-refractivity contribution is 14.0. The molecule has 2 aliphatic carbocycles. The van der Waals surface area contributed by atoms with Crippen LogP contribution in [0.25, 0.3) is 0 Å². The van der Waals surface area contributed by atoms with Gasteiger partial charge in [-0.05, 0) is 38.0 Å². The van der Waals surface area contributed by atoms with Gasteiger partial charge >= 0.3 is 0 Å². The predicted molar refractivity (Wildman–Crippen MR) is 111 cm³/mol. The Bertz CT molecular complexity index is 446. The van der Waals surface area contributed by atoms with Gasteiger partial charge in [-0.3, -0.25) is 4.99 Å². The largest absolute Gasteiger partial charge is 0.377 e. The van der Waals surface area contributed by atoms with Crippen molar-refractivity contribution in [1.82, 2.24) is 10.6 Å². The molecule has 3 unspecified atom stereocenters. The Morgan fingerprint density at radius 2 is 1.92 bits per heavy atom. The van der Waals surface area contributed by atoms with Gasteiger partial charge in [-0.1, -0.05) is 33.6 Å². The Morgan fingerprint density at radius 1 is 1.21 bits per heavy atom. The molecule has 140 valence electrons. The average Bonchev–Trinajstić information content (AvgIpc) is 3.18.